The first-order valence-corrected chi connectivity index (χ1v) is 15.4. The summed E-state index contributed by atoms with van der Waals surface area (Å²) >= 11 is 0. The fourth-order valence-electron chi connectivity index (χ4n) is 7.24. The molecule has 0 saturated carbocycles. The molecule has 0 aliphatic heterocycles. The topological polar surface area (TPSA) is 3.24 Å². The van der Waals surface area contributed by atoms with Crippen molar-refractivity contribution in [2.75, 3.05) is 4.90 Å². The van der Waals surface area contributed by atoms with Gasteiger partial charge in [-0.2, -0.15) is 0 Å². The van der Waals surface area contributed by atoms with Crippen molar-refractivity contribution in [2.24, 2.45) is 0 Å². The third-order valence-corrected chi connectivity index (χ3v) is 9.22. The summed E-state index contributed by atoms with van der Waals surface area (Å²) in [4.78, 5) is 2.44. The monoisotopic (exact) mass is 563 g/mol. The smallest absolute Gasteiger partial charge is 0.0540 e. The molecule has 0 atom stereocenters. The predicted molar refractivity (Wildman–Crippen MR) is 187 cm³/mol. The van der Waals surface area contributed by atoms with Crippen LogP contribution in [0.3, 0.4) is 0 Å². The quantitative estimate of drug-likeness (QED) is 0.201. The maximum atomic E-state index is 2.44. The highest BCUT2D eigenvalue weighted by molar-refractivity contribution is 6.07. The number of hydrogen-bond donors (Lipinski definition) is 0. The summed E-state index contributed by atoms with van der Waals surface area (Å²) in [5.41, 5.74) is 13.7. The Kier molecular flexibility index (Phi) is 6.20. The largest absolute Gasteiger partial charge is 0.310 e. The lowest BCUT2D eigenvalue weighted by Crippen LogP contribution is -2.17. The molecular formula is C43H33N. The van der Waals surface area contributed by atoms with Gasteiger partial charge in [0.15, 0.2) is 0 Å². The SMILES string of the molecule is CC1(C)c2ccccc2-c2cc(N(c3ccccc3)c3ccc(-c4ccccc4)c4ccccc34)cc(-c3ccccc3)c21. The van der Waals surface area contributed by atoms with Crippen molar-refractivity contribution >= 4 is 27.8 Å². The van der Waals surface area contributed by atoms with Gasteiger partial charge >= 0.3 is 0 Å². The van der Waals surface area contributed by atoms with Crippen LogP contribution in [0.5, 0.6) is 0 Å². The maximum absolute atomic E-state index is 2.44. The Hall–Kier alpha value is -5.40. The molecular weight excluding hydrogens is 530 g/mol. The third-order valence-electron chi connectivity index (χ3n) is 9.22. The van der Waals surface area contributed by atoms with Crippen molar-refractivity contribution < 1.29 is 0 Å². The molecule has 0 fully saturated rings. The Morgan fingerprint density at radius 3 is 1.66 bits per heavy atom. The molecule has 44 heavy (non-hydrogen) atoms. The van der Waals surface area contributed by atoms with E-state index in [1.165, 1.54) is 55.3 Å². The number of anilines is 3. The zero-order valence-corrected chi connectivity index (χ0v) is 25.0. The average Bonchev–Trinajstić information content (AvgIpc) is 3.32. The molecule has 210 valence electrons. The van der Waals surface area contributed by atoms with Gasteiger partial charge in [0.2, 0.25) is 0 Å². The number of hydrogen-bond acceptors (Lipinski definition) is 1. The van der Waals surface area contributed by atoms with Gasteiger partial charge in [-0.1, -0.05) is 147 Å². The van der Waals surface area contributed by atoms with Gasteiger partial charge in [-0.15, -0.1) is 0 Å². The first-order chi connectivity index (χ1) is 21.6. The second kappa shape index (κ2) is 10.4. The van der Waals surface area contributed by atoms with Crippen LogP contribution in [0.1, 0.15) is 25.0 Å². The highest BCUT2D eigenvalue weighted by Gasteiger charge is 2.38. The van der Waals surface area contributed by atoms with Crippen molar-refractivity contribution in [3.05, 3.63) is 175 Å². The molecule has 0 radical (unpaired) electrons. The van der Waals surface area contributed by atoms with E-state index in [1.807, 2.05) is 0 Å². The van der Waals surface area contributed by atoms with Gasteiger partial charge in [-0.3, -0.25) is 0 Å². The van der Waals surface area contributed by atoms with Crippen LogP contribution in [0.25, 0.3) is 44.2 Å². The molecule has 1 heteroatoms. The Bertz CT molecular complexity index is 2130. The highest BCUT2D eigenvalue weighted by Crippen LogP contribution is 2.54. The van der Waals surface area contributed by atoms with Crippen LogP contribution < -0.4 is 4.90 Å². The minimum absolute atomic E-state index is 0.114. The minimum Gasteiger partial charge on any atom is -0.310 e. The fraction of sp³-hybridized carbons (Fsp3) is 0.0698. The van der Waals surface area contributed by atoms with E-state index >= 15 is 0 Å². The minimum atomic E-state index is -0.114. The molecule has 8 rings (SSSR count). The van der Waals surface area contributed by atoms with E-state index in [0.717, 1.165) is 17.1 Å². The number of benzene rings is 7. The molecule has 0 spiro atoms. The zero-order chi connectivity index (χ0) is 29.7. The van der Waals surface area contributed by atoms with Crippen molar-refractivity contribution in [3.8, 4) is 33.4 Å². The van der Waals surface area contributed by atoms with Gasteiger partial charge in [-0.25, -0.2) is 0 Å². The van der Waals surface area contributed by atoms with Gasteiger partial charge in [0.25, 0.3) is 0 Å². The van der Waals surface area contributed by atoms with E-state index in [2.05, 4.69) is 183 Å². The number of para-hydroxylation sites is 1. The summed E-state index contributed by atoms with van der Waals surface area (Å²) < 4.78 is 0. The number of fused-ring (bicyclic) bond motifs is 4. The van der Waals surface area contributed by atoms with Crippen molar-refractivity contribution in [3.63, 3.8) is 0 Å². The van der Waals surface area contributed by atoms with E-state index in [4.69, 9.17) is 0 Å². The van der Waals surface area contributed by atoms with E-state index in [-0.39, 0.29) is 5.41 Å². The van der Waals surface area contributed by atoms with E-state index in [1.54, 1.807) is 0 Å². The van der Waals surface area contributed by atoms with E-state index in [9.17, 15) is 0 Å². The Morgan fingerprint density at radius 2 is 0.955 bits per heavy atom. The number of rotatable bonds is 5. The van der Waals surface area contributed by atoms with Crippen LogP contribution in [0.4, 0.5) is 17.1 Å². The molecule has 0 aromatic heterocycles. The molecule has 7 aromatic carbocycles. The second-order valence-corrected chi connectivity index (χ2v) is 12.2. The molecule has 0 unspecified atom stereocenters. The predicted octanol–water partition coefficient (Wildman–Crippen LogP) is 11.9. The van der Waals surface area contributed by atoms with Crippen molar-refractivity contribution in [1.82, 2.24) is 0 Å². The van der Waals surface area contributed by atoms with Crippen LogP contribution in [0, 0.1) is 0 Å². The summed E-state index contributed by atoms with van der Waals surface area (Å²) in [6, 6.07) is 59.5. The summed E-state index contributed by atoms with van der Waals surface area (Å²) in [6.45, 7) is 4.74. The zero-order valence-electron chi connectivity index (χ0n) is 25.0. The lowest BCUT2D eigenvalue weighted by atomic mass is 9.78. The Balaban J connectivity index is 1.44. The molecule has 0 saturated heterocycles. The van der Waals surface area contributed by atoms with Gasteiger partial charge in [-0.05, 0) is 80.2 Å². The molecule has 1 nitrogen and oxygen atoms in total. The van der Waals surface area contributed by atoms with E-state index in [0.29, 0.717) is 0 Å². The lowest BCUT2D eigenvalue weighted by Gasteiger charge is -2.30. The molecule has 7 aromatic rings. The van der Waals surface area contributed by atoms with Crippen LogP contribution in [-0.4, -0.2) is 0 Å². The molecule has 0 bridgehead atoms. The summed E-state index contributed by atoms with van der Waals surface area (Å²) in [7, 11) is 0. The summed E-state index contributed by atoms with van der Waals surface area (Å²) in [5.74, 6) is 0. The molecule has 0 heterocycles. The van der Waals surface area contributed by atoms with Gasteiger partial charge in [0.1, 0.15) is 0 Å². The maximum Gasteiger partial charge on any atom is 0.0540 e. The molecule has 1 aliphatic rings. The first kappa shape index (κ1) is 26.2. The Labute approximate surface area is 259 Å². The fourth-order valence-corrected chi connectivity index (χ4v) is 7.24. The normalized spacial score (nSPS) is 13.0. The summed E-state index contributed by atoms with van der Waals surface area (Å²) in [5, 5.41) is 2.47. The van der Waals surface area contributed by atoms with Crippen LogP contribution >= 0.6 is 0 Å². The average molecular weight is 564 g/mol. The third kappa shape index (κ3) is 4.16. The second-order valence-electron chi connectivity index (χ2n) is 12.2. The van der Waals surface area contributed by atoms with Crippen molar-refractivity contribution in [1.29, 1.82) is 0 Å². The standard InChI is InChI=1S/C43H33N/c1-43(2)40-25-15-14-23-36(40)39-29-33(28-38(42(39)43)31-18-8-4-9-19-31)44(32-20-10-5-11-21-32)41-27-26-34(30-16-6-3-7-17-30)35-22-12-13-24-37(35)41/h3-29H,1-2H3. The molecule has 0 amide bonds. The van der Waals surface area contributed by atoms with Crippen LogP contribution in [0.2, 0.25) is 0 Å². The Morgan fingerprint density at radius 1 is 0.409 bits per heavy atom. The van der Waals surface area contributed by atoms with Crippen LogP contribution in [0.15, 0.2) is 164 Å². The van der Waals surface area contributed by atoms with Gasteiger partial charge in [0.05, 0.1) is 5.69 Å². The lowest BCUT2D eigenvalue weighted by molar-refractivity contribution is 0.662. The van der Waals surface area contributed by atoms with Crippen LogP contribution in [-0.2, 0) is 5.41 Å². The highest BCUT2D eigenvalue weighted by atomic mass is 15.1. The first-order valence-electron chi connectivity index (χ1n) is 15.4. The summed E-state index contributed by atoms with van der Waals surface area (Å²) in [6.07, 6.45) is 0. The molecule has 0 N–H and O–H groups in total. The van der Waals surface area contributed by atoms with Crippen molar-refractivity contribution in [2.45, 2.75) is 19.3 Å². The molecule has 1 aliphatic carbocycles. The van der Waals surface area contributed by atoms with E-state index < -0.39 is 0 Å². The van der Waals surface area contributed by atoms with Gasteiger partial charge in [0, 0.05) is 22.2 Å². The van der Waals surface area contributed by atoms with Gasteiger partial charge < -0.3 is 4.90 Å². The number of nitrogens with zero attached hydrogens (tertiary/aromatic N) is 1.